The summed E-state index contributed by atoms with van der Waals surface area (Å²) in [5, 5.41) is -1.86. The van der Waals surface area contributed by atoms with Gasteiger partial charge in [0.25, 0.3) is 0 Å². The fourth-order valence-corrected chi connectivity index (χ4v) is 4.38. The number of hydrogen-bond acceptors (Lipinski definition) is 5. The summed E-state index contributed by atoms with van der Waals surface area (Å²) in [4.78, 5) is 32.1. The van der Waals surface area contributed by atoms with E-state index in [9.17, 15) is 14.0 Å². The molecule has 1 saturated heterocycles. The molecule has 0 saturated carbocycles. The third-order valence-corrected chi connectivity index (χ3v) is 6.41. The minimum atomic E-state index is -3.85. The van der Waals surface area contributed by atoms with E-state index in [1.807, 2.05) is 0 Å². The van der Waals surface area contributed by atoms with Gasteiger partial charge in [0.15, 0.2) is 11.5 Å². The lowest BCUT2D eigenvalue weighted by molar-refractivity contribution is -0.135. The Morgan fingerprint density at radius 2 is 1.89 bits per heavy atom. The number of rotatable bonds is 7. The number of benzene rings is 1. The predicted octanol–water partition coefficient (Wildman–Crippen LogP) is 5.66. The van der Waals surface area contributed by atoms with Gasteiger partial charge in [0, 0.05) is 19.2 Å². The Morgan fingerprint density at radius 3 is 2.49 bits per heavy atom. The highest BCUT2D eigenvalue weighted by atomic mass is 35.5. The van der Waals surface area contributed by atoms with Gasteiger partial charge in [-0.3, -0.25) is 9.69 Å². The fraction of sp³-hybridized carbons (Fsp3) is 0.500. The number of pyridine rings is 1. The minimum absolute atomic E-state index is 0.0862. The molecule has 0 radical (unpaired) electrons. The Bertz CT molecular complexity index is 1130. The van der Waals surface area contributed by atoms with Crippen molar-refractivity contribution < 1.29 is 32.2 Å². The maximum absolute atomic E-state index is 15.2. The fourth-order valence-electron chi connectivity index (χ4n) is 4.14. The highest BCUT2D eigenvalue weighted by Crippen LogP contribution is 2.45. The molecule has 0 aliphatic carbocycles. The van der Waals surface area contributed by atoms with Crippen LogP contribution < -0.4 is 4.74 Å². The van der Waals surface area contributed by atoms with Gasteiger partial charge in [0.1, 0.15) is 17.0 Å². The van der Waals surface area contributed by atoms with Crippen LogP contribution in [-0.2, 0) is 22.0 Å². The van der Waals surface area contributed by atoms with Crippen molar-refractivity contribution in [3.05, 3.63) is 59.0 Å². The Balaban J connectivity index is 1.81. The van der Waals surface area contributed by atoms with Crippen LogP contribution in [0.5, 0.6) is 5.88 Å². The third kappa shape index (κ3) is 6.47. The van der Waals surface area contributed by atoms with Crippen molar-refractivity contribution in [2.24, 2.45) is 0 Å². The van der Waals surface area contributed by atoms with Crippen molar-refractivity contribution in [2.75, 3.05) is 20.7 Å². The van der Waals surface area contributed by atoms with Crippen molar-refractivity contribution in [1.29, 1.82) is 0 Å². The number of carbonyl (C=O) groups is 2. The number of hydrogen-bond donors (Lipinski definition) is 0. The second-order valence-electron chi connectivity index (χ2n) is 9.91. The molecular formula is C26H31ClF3N3O4. The molecule has 1 aromatic heterocycles. The molecule has 1 fully saturated rings. The Kier molecular flexibility index (Phi) is 8.62. The van der Waals surface area contributed by atoms with Gasteiger partial charge in [-0.2, -0.15) is 8.78 Å². The number of nitrogens with zero attached hydrogens (tertiary/aromatic N) is 3. The van der Waals surface area contributed by atoms with Crippen LogP contribution in [0, 0.1) is 5.82 Å². The van der Waals surface area contributed by atoms with Crippen LogP contribution in [0.2, 0.25) is 0 Å². The number of alkyl halides is 3. The molecule has 0 N–H and O–H groups in total. The van der Waals surface area contributed by atoms with Gasteiger partial charge in [0.2, 0.25) is 11.8 Å². The molecular weight excluding hydrogens is 511 g/mol. The molecule has 11 heteroatoms. The van der Waals surface area contributed by atoms with E-state index in [-0.39, 0.29) is 23.6 Å². The second-order valence-corrected chi connectivity index (χ2v) is 10.3. The SMILES string of the molecule is COc1nc(C(F)(F)C(Cl)c2ccccc2)c(F)cc1CN(C)C(=O)[C@@H]1CCCN1C(=O)OC(C)(C)C. The number of methoxy groups -OCH3 is 1. The summed E-state index contributed by atoms with van der Waals surface area (Å²) in [7, 11) is 2.68. The molecule has 1 unspecified atom stereocenters. The quantitative estimate of drug-likeness (QED) is 0.423. The number of likely N-dealkylation sites (N-methyl/N-ethyl adjacent to an activating group) is 1. The third-order valence-electron chi connectivity index (χ3n) is 5.88. The first kappa shape index (κ1) is 28.6. The largest absolute Gasteiger partial charge is 0.481 e. The number of amides is 2. The van der Waals surface area contributed by atoms with E-state index in [0.717, 1.165) is 6.07 Å². The van der Waals surface area contributed by atoms with E-state index in [2.05, 4.69) is 4.98 Å². The summed E-state index contributed by atoms with van der Waals surface area (Å²) in [5.41, 5.74) is -1.68. The van der Waals surface area contributed by atoms with Crippen molar-refractivity contribution in [3.63, 3.8) is 0 Å². The molecule has 1 aliphatic heterocycles. The molecule has 0 spiro atoms. The van der Waals surface area contributed by atoms with Crippen LogP contribution in [0.15, 0.2) is 36.4 Å². The average Bonchev–Trinajstić information content (AvgIpc) is 3.32. The molecule has 1 aliphatic rings. The first-order valence-electron chi connectivity index (χ1n) is 11.8. The molecule has 37 heavy (non-hydrogen) atoms. The highest BCUT2D eigenvalue weighted by Gasteiger charge is 2.46. The van der Waals surface area contributed by atoms with Gasteiger partial charge in [-0.25, -0.2) is 14.2 Å². The molecule has 2 amide bonds. The van der Waals surface area contributed by atoms with Crippen LogP contribution in [0.25, 0.3) is 0 Å². The van der Waals surface area contributed by atoms with Crippen molar-refractivity contribution >= 4 is 23.6 Å². The van der Waals surface area contributed by atoms with Crippen LogP contribution in [-0.4, -0.2) is 59.1 Å². The zero-order valence-electron chi connectivity index (χ0n) is 21.4. The lowest BCUT2D eigenvalue weighted by Gasteiger charge is -2.30. The van der Waals surface area contributed by atoms with E-state index in [1.54, 1.807) is 39.0 Å². The molecule has 2 heterocycles. The van der Waals surface area contributed by atoms with Gasteiger partial charge in [-0.1, -0.05) is 30.3 Å². The maximum atomic E-state index is 15.2. The number of halogens is 4. The zero-order valence-corrected chi connectivity index (χ0v) is 22.2. The number of aromatic nitrogens is 1. The number of ether oxygens (including phenoxy) is 2. The first-order chi connectivity index (χ1) is 17.3. The van der Waals surface area contributed by atoms with Crippen LogP contribution >= 0.6 is 11.6 Å². The lowest BCUT2D eigenvalue weighted by Crippen LogP contribution is -2.47. The van der Waals surface area contributed by atoms with Crippen LogP contribution in [0.4, 0.5) is 18.0 Å². The summed E-state index contributed by atoms with van der Waals surface area (Å²) in [6, 6.07) is 7.70. The van der Waals surface area contributed by atoms with Gasteiger partial charge in [-0.05, 0) is 45.2 Å². The molecule has 0 bridgehead atoms. The Labute approximate surface area is 219 Å². The van der Waals surface area contributed by atoms with Gasteiger partial charge >= 0.3 is 12.0 Å². The lowest BCUT2D eigenvalue weighted by atomic mass is 10.0. The molecule has 3 rings (SSSR count). The van der Waals surface area contributed by atoms with E-state index < -0.39 is 46.5 Å². The molecule has 7 nitrogen and oxygen atoms in total. The molecule has 2 atom stereocenters. The summed E-state index contributed by atoms with van der Waals surface area (Å²) in [6.07, 6.45) is 0.462. The average molecular weight is 542 g/mol. The number of carbonyl (C=O) groups excluding carboxylic acids is 2. The standard InChI is InChI=1S/C26H31ClF3N3O4/c1-25(2,3)37-24(35)33-13-9-12-19(33)23(34)32(4)15-17-14-18(28)21(31-22(17)36-5)26(29,30)20(27)16-10-7-6-8-11-16/h6-8,10-11,14,19-20H,9,12-13,15H2,1-5H3/t19-,20?/m0/s1. The number of likely N-dealkylation sites (tertiary alicyclic amines) is 1. The summed E-state index contributed by atoms with van der Waals surface area (Å²) in [6.45, 7) is 5.38. The first-order valence-corrected chi connectivity index (χ1v) is 12.2. The predicted molar refractivity (Wildman–Crippen MR) is 132 cm³/mol. The van der Waals surface area contributed by atoms with E-state index in [0.29, 0.717) is 19.4 Å². The van der Waals surface area contributed by atoms with Crippen LogP contribution in [0.3, 0.4) is 0 Å². The molecule has 202 valence electrons. The molecule has 1 aromatic carbocycles. The van der Waals surface area contributed by atoms with E-state index in [4.69, 9.17) is 21.1 Å². The van der Waals surface area contributed by atoms with Gasteiger partial charge < -0.3 is 14.4 Å². The normalized spacial score (nSPS) is 16.9. The van der Waals surface area contributed by atoms with E-state index >= 15 is 8.78 Å². The van der Waals surface area contributed by atoms with Crippen molar-refractivity contribution in [2.45, 2.75) is 63.1 Å². The van der Waals surface area contributed by atoms with Crippen LogP contribution in [0.1, 0.15) is 55.8 Å². The van der Waals surface area contributed by atoms with Crippen molar-refractivity contribution in [3.8, 4) is 5.88 Å². The summed E-state index contributed by atoms with van der Waals surface area (Å²) < 4.78 is 55.9. The maximum Gasteiger partial charge on any atom is 0.410 e. The minimum Gasteiger partial charge on any atom is -0.481 e. The van der Waals surface area contributed by atoms with Gasteiger partial charge in [0.05, 0.1) is 13.7 Å². The zero-order chi connectivity index (χ0) is 27.5. The Hall–Kier alpha value is -3.01. The summed E-state index contributed by atoms with van der Waals surface area (Å²) in [5.74, 6) is -5.79. The van der Waals surface area contributed by atoms with E-state index in [1.165, 1.54) is 36.1 Å². The Morgan fingerprint density at radius 1 is 1.24 bits per heavy atom. The second kappa shape index (κ2) is 11.2. The van der Waals surface area contributed by atoms with Gasteiger partial charge in [-0.15, -0.1) is 11.6 Å². The highest BCUT2D eigenvalue weighted by molar-refractivity contribution is 6.21. The monoisotopic (exact) mass is 541 g/mol. The summed E-state index contributed by atoms with van der Waals surface area (Å²) >= 11 is 6.02. The molecule has 2 aromatic rings. The van der Waals surface area contributed by atoms with Crippen molar-refractivity contribution in [1.82, 2.24) is 14.8 Å². The smallest absolute Gasteiger partial charge is 0.410 e. The topological polar surface area (TPSA) is 72.0 Å².